The summed E-state index contributed by atoms with van der Waals surface area (Å²) in [5.74, 6) is -0.505. The van der Waals surface area contributed by atoms with Crippen molar-refractivity contribution in [3.63, 3.8) is 0 Å². The first kappa shape index (κ1) is 20.8. The van der Waals surface area contributed by atoms with Crippen LogP contribution >= 0.6 is 0 Å². The Morgan fingerprint density at radius 2 is 1.86 bits per heavy atom. The van der Waals surface area contributed by atoms with Crippen molar-refractivity contribution in [1.29, 1.82) is 0 Å². The fraction of sp³-hybridized carbons (Fsp3) is 0.235. The van der Waals surface area contributed by atoms with Gasteiger partial charge in [-0.3, -0.25) is 14.9 Å². The lowest BCUT2D eigenvalue weighted by Crippen LogP contribution is -2.23. The Balaban J connectivity index is 2.01. The average Bonchev–Trinajstić information content (AvgIpc) is 2.64. The third-order valence-corrected chi connectivity index (χ3v) is 3.39. The number of hydrogen-bond acceptors (Lipinski definition) is 6. The number of ether oxygens (including phenoxy) is 2. The molecule has 0 saturated carbocycles. The fourth-order valence-electron chi connectivity index (χ4n) is 2.16. The van der Waals surface area contributed by atoms with E-state index in [1.165, 1.54) is 37.4 Å². The molecule has 0 bridgehead atoms. The van der Waals surface area contributed by atoms with Crippen LogP contribution < -0.4 is 20.1 Å². The van der Waals surface area contributed by atoms with Crippen LogP contribution in [0.2, 0.25) is 0 Å². The van der Waals surface area contributed by atoms with Gasteiger partial charge >= 0.3 is 6.18 Å². The van der Waals surface area contributed by atoms with Crippen molar-refractivity contribution < 1.29 is 32.4 Å². The molecule has 0 saturated heterocycles. The summed E-state index contributed by atoms with van der Waals surface area (Å²) in [6, 6.07) is 9.54. The average molecular weight is 399 g/mol. The standard InChI is InChI=1S/C17H16F3N3O5/c1-27-15-8-11(23(25)26)6-7-13(15)22-16(24)9-21-12-4-2-3-5-14(12)28-10-17(18,19)20/h2-8,21H,9-10H2,1H3,(H,22,24). The number of carbonyl (C=O) groups excluding carboxylic acids is 1. The van der Waals surface area contributed by atoms with E-state index in [2.05, 4.69) is 10.6 Å². The minimum absolute atomic E-state index is 0.0551. The maximum Gasteiger partial charge on any atom is 0.422 e. The van der Waals surface area contributed by atoms with E-state index >= 15 is 0 Å². The number of non-ortho nitro benzene ring substituents is 1. The molecule has 0 heterocycles. The highest BCUT2D eigenvalue weighted by molar-refractivity contribution is 5.95. The second-order valence-electron chi connectivity index (χ2n) is 5.44. The normalized spacial score (nSPS) is 10.9. The Morgan fingerprint density at radius 1 is 1.14 bits per heavy atom. The number of carbonyl (C=O) groups is 1. The van der Waals surface area contributed by atoms with Gasteiger partial charge in [-0.1, -0.05) is 12.1 Å². The van der Waals surface area contributed by atoms with Gasteiger partial charge in [0, 0.05) is 6.07 Å². The van der Waals surface area contributed by atoms with Gasteiger partial charge in [-0.2, -0.15) is 13.2 Å². The third-order valence-electron chi connectivity index (χ3n) is 3.39. The molecular weight excluding hydrogens is 383 g/mol. The molecule has 0 unspecified atom stereocenters. The summed E-state index contributed by atoms with van der Waals surface area (Å²) in [5.41, 5.74) is 0.211. The first-order valence-corrected chi connectivity index (χ1v) is 7.84. The quantitative estimate of drug-likeness (QED) is 0.519. The number of rotatable bonds is 8. The van der Waals surface area contributed by atoms with Crippen LogP contribution in [-0.2, 0) is 4.79 Å². The molecule has 2 rings (SSSR count). The predicted molar refractivity (Wildman–Crippen MR) is 94.8 cm³/mol. The number of methoxy groups -OCH3 is 1. The van der Waals surface area contributed by atoms with Crippen molar-refractivity contribution in [2.75, 3.05) is 30.9 Å². The predicted octanol–water partition coefficient (Wildman–Crippen LogP) is 3.60. The Labute approximate surface area is 157 Å². The Kier molecular flexibility index (Phi) is 6.64. The SMILES string of the molecule is COc1cc([N+](=O)[O-])ccc1NC(=O)CNc1ccccc1OCC(F)(F)F. The number of benzene rings is 2. The van der Waals surface area contributed by atoms with Crippen LogP contribution in [0.4, 0.5) is 30.2 Å². The van der Waals surface area contributed by atoms with Crippen molar-refractivity contribution in [2.45, 2.75) is 6.18 Å². The molecule has 11 heteroatoms. The molecule has 0 aliphatic carbocycles. The molecule has 0 fully saturated rings. The summed E-state index contributed by atoms with van der Waals surface area (Å²) in [6.07, 6.45) is -4.49. The number of para-hydroxylation sites is 2. The Morgan fingerprint density at radius 3 is 2.50 bits per heavy atom. The molecule has 2 N–H and O–H groups in total. The molecule has 2 aromatic carbocycles. The number of nitrogens with zero attached hydrogens (tertiary/aromatic N) is 1. The van der Waals surface area contributed by atoms with Gasteiger partial charge in [0.05, 0.1) is 36.0 Å². The first-order valence-electron chi connectivity index (χ1n) is 7.84. The van der Waals surface area contributed by atoms with Gasteiger partial charge in [-0.05, 0) is 18.2 Å². The van der Waals surface area contributed by atoms with Gasteiger partial charge in [0.1, 0.15) is 11.5 Å². The summed E-state index contributed by atoms with van der Waals surface area (Å²) in [4.78, 5) is 22.3. The Hall–Kier alpha value is -3.50. The van der Waals surface area contributed by atoms with Gasteiger partial charge in [0.15, 0.2) is 6.61 Å². The van der Waals surface area contributed by atoms with Crippen molar-refractivity contribution in [3.05, 3.63) is 52.6 Å². The van der Waals surface area contributed by atoms with Crippen LogP contribution in [-0.4, -0.2) is 37.3 Å². The van der Waals surface area contributed by atoms with E-state index in [1.807, 2.05) is 0 Å². The number of nitro groups is 1. The van der Waals surface area contributed by atoms with E-state index < -0.39 is 23.6 Å². The van der Waals surface area contributed by atoms with Crippen molar-refractivity contribution in [1.82, 2.24) is 0 Å². The minimum atomic E-state index is -4.49. The van der Waals surface area contributed by atoms with Crippen LogP contribution in [0.1, 0.15) is 0 Å². The number of nitro benzene ring substituents is 1. The summed E-state index contributed by atoms with van der Waals surface area (Å²) in [6.45, 7) is -1.75. The molecule has 150 valence electrons. The third kappa shape index (κ3) is 6.04. The van der Waals surface area contributed by atoms with E-state index in [0.717, 1.165) is 6.07 Å². The zero-order valence-corrected chi connectivity index (χ0v) is 14.6. The van der Waals surface area contributed by atoms with E-state index in [1.54, 1.807) is 6.07 Å². The highest BCUT2D eigenvalue weighted by Crippen LogP contribution is 2.29. The largest absolute Gasteiger partial charge is 0.494 e. The molecule has 0 spiro atoms. The molecule has 28 heavy (non-hydrogen) atoms. The van der Waals surface area contributed by atoms with Crippen LogP contribution in [0.3, 0.4) is 0 Å². The summed E-state index contributed by atoms with van der Waals surface area (Å²) < 4.78 is 46.7. The lowest BCUT2D eigenvalue weighted by molar-refractivity contribution is -0.384. The molecule has 0 aliphatic heterocycles. The molecule has 0 atom stereocenters. The van der Waals surface area contributed by atoms with Crippen molar-refractivity contribution in [3.8, 4) is 11.5 Å². The highest BCUT2D eigenvalue weighted by atomic mass is 19.4. The molecular formula is C17H16F3N3O5. The van der Waals surface area contributed by atoms with Crippen LogP contribution in [0, 0.1) is 10.1 Å². The Bertz CT molecular complexity index is 858. The number of hydrogen-bond donors (Lipinski definition) is 2. The number of anilines is 2. The van der Waals surface area contributed by atoms with Crippen molar-refractivity contribution in [2.24, 2.45) is 0 Å². The maximum absolute atomic E-state index is 12.3. The number of alkyl halides is 3. The molecule has 8 nitrogen and oxygen atoms in total. The number of nitrogens with one attached hydrogen (secondary N) is 2. The zero-order valence-electron chi connectivity index (χ0n) is 14.6. The summed E-state index contributed by atoms with van der Waals surface area (Å²) >= 11 is 0. The van der Waals surface area contributed by atoms with Crippen molar-refractivity contribution >= 4 is 23.0 Å². The fourth-order valence-corrected chi connectivity index (χ4v) is 2.16. The number of halogens is 3. The minimum Gasteiger partial charge on any atom is -0.494 e. The molecule has 0 radical (unpaired) electrons. The molecule has 0 aromatic heterocycles. The van der Waals surface area contributed by atoms with Gasteiger partial charge < -0.3 is 20.1 Å². The van der Waals surface area contributed by atoms with Crippen LogP contribution in [0.5, 0.6) is 11.5 Å². The molecule has 0 aliphatic rings. The van der Waals surface area contributed by atoms with Gasteiger partial charge in [-0.25, -0.2) is 0 Å². The van der Waals surface area contributed by atoms with Crippen LogP contribution in [0.25, 0.3) is 0 Å². The smallest absolute Gasteiger partial charge is 0.422 e. The number of amides is 1. The summed E-state index contributed by atoms with van der Waals surface area (Å²) in [5, 5.41) is 16.0. The lowest BCUT2D eigenvalue weighted by Gasteiger charge is -2.15. The highest BCUT2D eigenvalue weighted by Gasteiger charge is 2.28. The maximum atomic E-state index is 12.3. The van der Waals surface area contributed by atoms with E-state index in [0.29, 0.717) is 0 Å². The zero-order chi connectivity index (χ0) is 20.7. The van der Waals surface area contributed by atoms with Gasteiger partial charge in [-0.15, -0.1) is 0 Å². The van der Waals surface area contributed by atoms with Crippen LogP contribution in [0.15, 0.2) is 42.5 Å². The van der Waals surface area contributed by atoms with Gasteiger partial charge in [0.25, 0.3) is 5.69 Å². The van der Waals surface area contributed by atoms with Gasteiger partial charge in [0.2, 0.25) is 5.91 Å². The second kappa shape index (κ2) is 8.93. The lowest BCUT2D eigenvalue weighted by atomic mass is 10.2. The monoisotopic (exact) mass is 399 g/mol. The van der Waals surface area contributed by atoms with E-state index in [-0.39, 0.29) is 35.1 Å². The van der Waals surface area contributed by atoms with E-state index in [9.17, 15) is 28.1 Å². The van der Waals surface area contributed by atoms with E-state index in [4.69, 9.17) is 9.47 Å². The molecule has 2 aromatic rings. The summed E-state index contributed by atoms with van der Waals surface area (Å²) in [7, 11) is 1.29. The second-order valence-corrected chi connectivity index (χ2v) is 5.44. The topological polar surface area (TPSA) is 103 Å². The molecule has 1 amide bonds. The first-order chi connectivity index (χ1) is 13.2.